The van der Waals surface area contributed by atoms with Crippen molar-refractivity contribution in [3.8, 4) is 5.75 Å². The zero-order valence-electron chi connectivity index (χ0n) is 14.4. The molecule has 0 atom stereocenters. The van der Waals surface area contributed by atoms with Crippen molar-refractivity contribution in [2.75, 3.05) is 19.8 Å². The number of amidine groups is 1. The second-order valence-corrected chi connectivity index (χ2v) is 6.37. The van der Waals surface area contributed by atoms with E-state index in [1.807, 2.05) is 6.92 Å². The number of alkyl halides is 3. The molecule has 1 aromatic rings. The third-order valence-corrected chi connectivity index (χ3v) is 4.34. The monoisotopic (exact) mass is 423 g/mol. The average Bonchev–Trinajstić information content (AvgIpc) is 2.61. The maximum Gasteiger partial charge on any atom is 0.422 e. The SMILES string of the molecule is CCC1=C(Cl)C(NCCc2ccc(OCC(F)(F)F)cc2)=NCN1C(=O)Cl. The van der Waals surface area contributed by atoms with E-state index in [0.29, 0.717) is 36.0 Å². The molecule has 1 N–H and O–H groups in total. The van der Waals surface area contributed by atoms with Crippen molar-refractivity contribution in [2.24, 2.45) is 4.99 Å². The van der Waals surface area contributed by atoms with Crippen molar-refractivity contribution >= 4 is 34.4 Å². The van der Waals surface area contributed by atoms with Gasteiger partial charge in [-0.1, -0.05) is 30.7 Å². The molecule has 0 saturated carbocycles. The summed E-state index contributed by atoms with van der Waals surface area (Å²) in [5.41, 5.74) is 1.51. The second kappa shape index (κ2) is 9.32. The molecular formula is C17H18Cl2F3N3O2. The molecule has 148 valence electrons. The van der Waals surface area contributed by atoms with Crippen molar-refractivity contribution in [2.45, 2.75) is 25.9 Å². The van der Waals surface area contributed by atoms with Crippen LogP contribution in [0.4, 0.5) is 18.0 Å². The lowest BCUT2D eigenvalue weighted by Gasteiger charge is -2.27. The zero-order chi connectivity index (χ0) is 20.0. The molecule has 1 amide bonds. The fourth-order valence-corrected chi connectivity index (χ4v) is 2.95. The van der Waals surface area contributed by atoms with Crippen LogP contribution in [0.1, 0.15) is 18.9 Å². The first-order chi connectivity index (χ1) is 12.7. The van der Waals surface area contributed by atoms with Gasteiger partial charge in [-0.3, -0.25) is 9.69 Å². The highest BCUT2D eigenvalue weighted by Crippen LogP contribution is 2.24. The van der Waals surface area contributed by atoms with Gasteiger partial charge in [-0.15, -0.1) is 0 Å². The van der Waals surface area contributed by atoms with Crippen LogP contribution in [0.5, 0.6) is 5.75 Å². The van der Waals surface area contributed by atoms with Gasteiger partial charge in [-0.2, -0.15) is 13.2 Å². The molecule has 0 fully saturated rings. The topological polar surface area (TPSA) is 53.9 Å². The molecule has 0 radical (unpaired) electrons. The molecule has 27 heavy (non-hydrogen) atoms. The number of hydrogen-bond donors (Lipinski definition) is 1. The number of benzene rings is 1. The van der Waals surface area contributed by atoms with Crippen LogP contribution in [0, 0.1) is 0 Å². The number of halogens is 5. The van der Waals surface area contributed by atoms with E-state index in [9.17, 15) is 18.0 Å². The Balaban J connectivity index is 1.87. The zero-order valence-corrected chi connectivity index (χ0v) is 16.0. The van der Waals surface area contributed by atoms with Crippen LogP contribution in [0.2, 0.25) is 0 Å². The Bertz CT molecular complexity index is 734. The van der Waals surface area contributed by atoms with Gasteiger partial charge in [0.25, 0.3) is 0 Å². The van der Waals surface area contributed by atoms with Crippen LogP contribution >= 0.6 is 23.2 Å². The standard InChI is InChI=1S/C17H18Cl2F3N3O2/c1-2-13-14(18)15(24-10-25(13)16(19)26)23-8-7-11-3-5-12(6-4-11)27-9-17(20,21)22/h3-6H,2,7-10H2,1H3,(H,23,24). The van der Waals surface area contributed by atoms with Gasteiger partial charge in [0.1, 0.15) is 23.3 Å². The largest absolute Gasteiger partial charge is 0.484 e. The smallest absolute Gasteiger partial charge is 0.422 e. The molecule has 1 aliphatic heterocycles. The van der Waals surface area contributed by atoms with Crippen LogP contribution in [0.15, 0.2) is 40.0 Å². The first-order valence-corrected chi connectivity index (χ1v) is 8.89. The molecule has 0 aliphatic carbocycles. The summed E-state index contributed by atoms with van der Waals surface area (Å²) >= 11 is 11.8. The van der Waals surface area contributed by atoms with Crippen LogP contribution in [-0.4, -0.2) is 42.1 Å². The van der Waals surface area contributed by atoms with E-state index < -0.39 is 18.1 Å². The Labute approximate surface area is 164 Å². The number of nitrogens with one attached hydrogen (secondary N) is 1. The molecule has 10 heteroatoms. The molecular weight excluding hydrogens is 406 g/mol. The molecule has 5 nitrogen and oxygen atoms in total. The number of carbonyl (C=O) groups is 1. The lowest BCUT2D eigenvalue weighted by molar-refractivity contribution is -0.153. The number of aliphatic imine (C=N–C) groups is 1. The van der Waals surface area contributed by atoms with Crippen LogP contribution < -0.4 is 10.1 Å². The van der Waals surface area contributed by atoms with Gasteiger partial charge in [0.2, 0.25) is 0 Å². The Morgan fingerprint density at radius 3 is 2.56 bits per heavy atom. The minimum Gasteiger partial charge on any atom is -0.484 e. The fraction of sp³-hybridized carbons (Fsp3) is 0.412. The van der Waals surface area contributed by atoms with Crippen molar-refractivity contribution in [1.82, 2.24) is 10.2 Å². The Kier molecular flexibility index (Phi) is 7.38. The Hall–Kier alpha value is -1.93. The Morgan fingerprint density at radius 1 is 1.33 bits per heavy atom. The number of carbonyl (C=O) groups excluding carboxylic acids is 1. The van der Waals surface area contributed by atoms with Crippen molar-refractivity contribution < 1.29 is 22.7 Å². The van der Waals surface area contributed by atoms with Gasteiger partial charge in [-0.05, 0) is 42.1 Å². The summed E-state index contributed by atoms with van der Waals surface area (Å²) in [4.78, 5) is 16.9. The van der Waals surface area contributed by atoms with E-state index >= 15 is 0 Å². The van der Waals surface area contributed by atoms with Crippen LogP contribution in [0.25, 0.3) is 0 Å². The third kappa shape index (κ3) is 6.32. The highest BCUT2D eigenvalue weighted by atomic mass is 35.5. The van der Waals surface area contributed by atoms with Crippen molar-refractivity contribution in [1.29, 1.82) is 0 Å². The van der Waals surface area contributed by atoms with Crippen molar-refractivity contribution in [3.05, 3.63) is 40.6 Å². The lowest BCUT2D eigenvalue weighted by Crippen LogP contribution is -2.37. The second-order valence-electron chi connectivity index (χ2n) is 5.67. The molecule has 0 bridgehead atoms. The summed E-state index contributed by atoms with van der Waals surface area (Å²) in [6.07, 6.45) is -3.24. The summed E-state index contributed by atoms with van der Waals surface area (Å²) in [6.45, 7) is 1.13. The molecule has 0 saturated heterocycles. The number of ether oxygens (including phenoxy) is 1. The summed E-state index contributed by atoms with van der Waals surface area (Å²) in [5, 5.41) is 2.81. The highest BCUT2D eigenvalue weighted by molar-refractivity contribution is 6.63. The van der Waals surface area contributed by atoms with E-state index in [2.05, 4.69) is 15.0 Å². The number of hydrogen-bond acceptors (Lipinski definition) is 4. The number of amides is 1. The first kappa shape index (κ1) is 21.4. The highest BCUT2D eigenvalue weighted by Gasteiger charge is 2.28. The summed E-state index contributed by atoms with van der Waals surface area (Å²) < 4.78 is 41.1. The number of nitrogens with zero attached hydrogens (tertiary/aromatic N) is 2. The van der Waals surface area contributed by atoms with E-state index in [1.54, 1.807) is 12.1 Å². The van der Waals surface area contributed by atoms with E-state index in [4.69, 9.17) is 23.2 Å². The molecule has 0 spiro atoms. The number of rotatable bonds is 6. The third-order valence-electron chi connectivity index (χ3n) is 3.74. The summed E-state index contributed by atoms with van der Waals surface area (Å²) in [7, 11) is 0. The maximum atomic E-state index is 12.1. The van der Waals surface area contributed by atoms with Gasteiger partial charge < -0.3 is 10.1 Å². The quantitative estimate of drug-likeness (QED) is 0.535. The molecule has 0 unspecified atom stereocenters. The minimum atomic E-state index is -4.36. The molecule has 0 aromatic heterocycles. The van der Waals surface area contributed by atoms with Gasteiger partial charge in [0, 0.05) is 12.2 Å². The average molecular weight is 424 g/mol. The lowest BCUT2D eigenvalue weighted by atomic mass is 10.1. The van der Waals surface area contributed by atoms with Crippen molar-refractivity contribution in [3.63, 3.8) is 0 Å². The summed E-state index contributed by atoms with van der Waals surface area (Å²) in [5.74, 6) is 0.637. The van der Waals surface area contributed by atoms with Gasteiger partial charge >= 0.3 is 11.5 Å². The molecule has 1 aromatic carbocycles. The number of allylic oxidation sites excluding steroid dienone is 1. The predicted octanol–water partition coefficient (Wildman–Crippen LogP) is 4.65. The van der Waals surface area contributed by atoms with Gasteiger partial charge in [-0.25, -0.2) is 4.99 Å². The van der Waals surface area contributed by atoms with Gasteiger partial charge in [0.05, 0.1) is 0 Å². The van der Waals surface area contributed by atoms with Crippen LogP contribution in [-0.2, 0) is 6.42 Å². The maximum absolute atomic E-state index is 12.1. The molecule has 1 heterocycles. The van der Waals surface area contributed by atoms with Crippen LogP contribution in [0.3, 0.4) is 0 Å². The summed E-state index contributed by atoms with van der Waals surface area (Å²) in [6, 6.07) is 6.37. The van der Waals surface area contributed by atoms with E-state index in [0.717, 1.165) is 5.56 Å². The van der Waals surface area contributed by atoms with E-state index in [1.165, 1.54) is 17.0 Å². The molecule has 2 rings (SSSR count). The fourth-order valence-electron chi connectivity index (χ4n) is 2.44. The Morgan fingerprint density at radius 2 is 2.00 bits per heavy atom. The van der Waals surface area contributed by atoms with E-state index in [-0.39, 0.29) is 12.4 Å². The minimum absolute atomic E-state index is 0.0926. The van der Waals surface area contributed by atoms with Gasteiger partial charge in [0.15, 0.2) is 6.61 Å². The normalized spacial score (nSPS) is 14.9. The first-order valence-electron chi connectivity index (χ1n) is 8.14. The predicted molar refractivity (Wildman–Crippen MR) is 98.3 cm³/mol. The molecule has 1 aliphatic rings.